The summed E-state index contributed by atoms with van der Waals surface area (Å²) in [7, 11) is 0. The van der Waals surface area contributed by atoms with Gasteiger partial charge in [-0.1, -0.05) is 23.7 Å². The van der Waals surface area contributed by atoms with E-state index in [2.05, 4.69) is 5.32 Å². The largest absolute Gasteiger partial charge is 0.371 e. The third-order valence-corrected chi connectivity index (χ3v) is 2.46. The number of carbonyl (C=O) groups excluding carboxylic acids is 1. The summed E-state index contributed by atoms with van der Waals surface area (Å²) in [5.41, 5.74) is 0.947. The zero-order chi connectivity index (χ0) is 11.4. The average Bonchev–Trinajstić information content (AvgIpc) is 3.09. The molecule has 1 aromatic rings. The minimum absolute atomic E-state index is 0.106. The Balaban J connectivity index is 1.82. The first-order valence-corrected chi connectivity index (χ1v) is 5.45. The second-order valence-electron chi connectivity index (χ2n) is 3.59. The summed E-state index contributed by atoms with van der Waals surface area (Å²) in [6.07, 6.45) is 3.47. The fraction of sp³-hybridized carbons (Fsp3) is 0.250. The Kier molecular flexibility index (Phi) is 3.59. The van der Waals surface area contributed by atoms with Crippen LogP contribution in [0, 0.1) is 0 Å². The number of nitrogens with one attached hydrogen (secondary N) is 1. The third-order valence-electron chi connectivity index (χ3n) is 2.20. The second-order valence-corrected chi connectivity index (χ2v) is 4.02. The Morgan fingerprint density at radius 3 is 2.81 bits per heavy atom. The van der Waals surface area contributed by atoms with Gasteiger partial charge in [-0.25, -0.2) is 0 Å². The van der Waals surface area contributed by atoms with E-state index in [1.54, 1.807) is 18.2 Å². The molecule has 0 aromatic heterocycles. The lowest BCUT2D eigenvalue weighted by atomic mass is 10.2. The topological polar surface area (TPSA) is 41.6 Å². The molecule has 1 amide bonds. The number of amides is 1. The monoisotopic (exact) mass is 237 g/mol. The number of ether oxygens (including phenoxy) is 1. The van der Waals surface area contributed by atoms with Crippen molar-refractivity contribution in [1.29, 1.82) is 0 Å². The molecule has 0 spiro atoms. The molecule has 1 heterocycles. The number of benzene rings is 1. The van der Waals surface area contributed by atoms with Gasteiger partial charge in [-0.3, -0.25) is 4.79 Å². The van der Waals surface area contributed by atoms with Crippen molar-refractivity contribution in [2.45, 2.75) is 6.10 Å². The number of hydrogen-bond donors (Lipinski definition) is 1. The highest BCUT2D eigenvalue weighted by Crippen LogP contribution is 2.10. The Bertz CT molecular complexity index is 396. The lowest BCUT2D eigenvalue weighted by Gasteiger charge is -1.97. The Morgan fingerprint density at radius 1 is 1.50 bits per heavy atom. The highest BCUT2D eigenvalue weighted by Gasteiger charge is 2.22. The summed E-state index contributed by atoms with van der Waals surface area (Å²) in [6.45, 7) is 1.34. The van der Waals surface area contributed by atoms with Crippen LogP contribution in [-0.4, -0.2) is 25.2 Å². The molecule has 1 atom stereocenters. The van der Waals surface area contributed by atoms with Crippen LogP contribution in [0.1, 0.15) is 5.56 Å². The van der Waals surface area contributed by atoms with Crippen LogP contribution in [0.4, 0.5) is 0 Å². The maximum Gasteiger partial charge on any atom is 0.244 e. The molecule has 84 valence electrons. The number of rotatable bonds is 4. The van der Waals surface area contributed by atoms with E-state index in [-0.39, 0.29) is 12.0 Å². The molecular formula is C12H12ClNO2. The standard InChI is InChI=1S/C12H12ClNO2/c13-10-4-1-9(2-5-10)3-6-12(15)14-7-11-8-16-11/h1-6,11H,7-8H2,(H,14,15)/b6-3+/t11-/m0/s1. The smallest absolute Gasteiger partial charge is 0.244 e. The molecular weight excluding hydrogens is 226 g/mol. The molecule has 3 nitrogen and oxygen atoms in total. The van der Waals surface area contributed by atoms with E-state index < -0.39 is 0 Å². The molecule has 2 rings (SSSR count). The molecule has 0 aliphatic carbocycles. The zero-order valence-corrected chi connectivity index (χ0v) is 9.41. The first-order chi connectivity index (χ1) is 7.74. The molecule has 1 saturated heterocycles. The maximum absolute atomic E-state index is 11.3. The average molecular weight is 238 g/mol. The molecule has 1 aromatic carbocycles. The molecule has 0 saturated carbocycles. The summed E-state index contributed by atoms with van der Waals surface area (Å²) >= 11 is 5.75. The summed E-state index contributed by atoms with van der Waals surface area (Å²) in [4.78, 5) is 11.3. The Morgan fingerprint density at radius 2 is 2.19 bits per heavy atom. The molecule has 1 fully saturated rings. The van der Waals surface area contributed by atoms with Crippen LogP contribution < -0.4 is 5.32 Å². The van der Waals surface area contributed by atoms with Gasteiger partial charge in [0.05, 0.1) is 12.7 Å². The van der Waals surface area contributed by atoms with Crippen molar-refractivity contribution in [1.82, 2.24) is 5.32 Å². The van der Waals surface area contributed by atoms with Gasteiger partial charge < -0.3 is 10.1 Å². The number of carbonyl (C=O) groups is 1. The molecule has 1 N–H and O–H groups in total. The van der Waals surface area contributed by atoms with E-state index >= 15 is 0 Å². The number of halogens is 1. The van der Waals surface area contributed by atoms with E-state index in [9.17, 15) is 4.79 Å². The van der Waals surface area contributed by atoms with Crippen molar-refractivity contribution in [3.63, 3.8) is 0 Å². The summed E-state index contributed by atoms with van der Waals surface area (Å²) in [5, 5.41) is 3.44. The van der Waals surface area contributed by atoms with Gasteiger partial charge in [-0.05, 0) is 23.8 Å². The maximum atomic E-state index is 11.3. The van der Waals surface area contributed by atoms with Crippen LogP contribution in [-0.2, 0) is 9.53 Å². The molecule has 0 unspecified atom stereocenters. The van der Waals surface area contributed by atoms with Gasteiger partial charge in [-0.2, -0.15) is 0 Å². The van der Waals surface area contributed by atoms with Crippen molar-refractivity contribution in [2.75, 3.05) is 13.2 Å². The van der Waals surface area contributed by atoms with E-state index in [1.165, 1.54) is 6.08 Å². The predicted molar refractivity (Wildman–Crippen MR) is 63.2 cm³/mol. The van der Waals surface area contributed by atoms with Gasteiger partial charge in [0.15, 0.2) is 0 Å². The quantitative estimate of drug-likeness (QED) is 0.642. The van der Waals surface area contributed by atoms with Gasteiger partial charge in [0, 0.05) is 17.6 Å². The fourth-order valence-electron chi connectivity index (χ4n) is 1.21. The number of epoxide rings is 1. The minimum atomic E-state index is -0.106. The van der Waals surface area contributed by atoms with Gasteiger partial charge in [0.2, 0.25) is 5.91 Å². The normalized spacial score (nSPS) is 18.7. The predicted octanol–water partition coefficient (Wildman–Crippen LogP) is 1.87. The highest BCUT2D eigenvalue weighted by atomic mass is 35.5. The van der Waals surface area contributed by atoms with Gasteiger partial charge >= 0.3 is 0 Å². The molecule has 4 heteroatoms. The van der Waals surface area contributed by atoms with Crippen LogP contribution in [0.25, 0.3) is 6.08 Å². The van der Waals surface area contributed by atoms with E-state index in [1.807, 2.05) is 12.1 Å². The van der Waals surface area contributed by atoms with E-state index in [0.717, 1.165) is 12.2 Å². The van der Waals surface area contributed by atoms with Crippen molar-refractivity contribution in [3.8, 4) is 0 Å². The summed E-state index contributed by atoms with van der Waals surface area (Å²) < 4.78 is 4.98. The molecule has 16 heavy (non-hydrogen) atoms. The van der Waals surface area contributed by atoms with E-state index in [0.29, 0.717) is 11.6 Å². The molecule has 1 aliphatic heterocycles. The van der Waals surface area contributed by atoms with Gasteiger partial charge in [0.25, 0.3) is 0 Å². The molecule has 0 radical (unpaired) electrons. The van der Waals surface area contributed by atoms with Crippen molar-refractivity contribution in [2.24, 2.45) is 0 Å². The molecule has 0 bridgehead atoms. The Hall–Kier alpha value is -1.32. The Labute approximate surface area is 99.1 Å². The highest BCUT2D eigenvalue weighted by molar-refractivity contribution is 6.30. The fourth-order valence-corrected chi connectivity index (χ4v) is 1.33. The SMILES string of the molecule is O=C(/C=C/c1ccc(Cl)cc1)NC[C@H]1CO1. The van der Waals surface area contributed by atoms with Crippen LogP contribution >= 0.6 is 11.6 Å². The summed E-state index contributed by atoms with van der Waals surface area (Å²) in [6, 6.07) is 7.29. The first kappa shape index (κ1) is 11.2. The van der Waals surface area contributed by atoms with Crippen LogP contribution in [0.5, 0.6) is 0 Å². The van der Waals surface area contributed by atoms with Gasteiger partial charge in [0.1, 0.15) is 0 Å². The lowest BCUT2D eigenvalue weighted by molar-refractivity contribution is -0.116. The summed E-state index contributed by atoms with van der Waals surface area (Å²) in [5.74, 6) is -0.106. The van der Waals surface area contributed by atoms with Crippen molar-refractivity contribution in [3.05, 3.63) is 40.9 Å². The first-order valence-electron chi connectivity index (χ1n) is 5.07. The third kappa shape index (κ3) is 3.68. The van der Waals surface area contributed by atoms with Crippen LogP contribution in [0.3, 0.4) is 0 Å². The van der Waals surface area contributed by atoms with Crippen molar-refractivity contribution >= 4 is 23.6 Å². The lowest BCUT2D eigenvalue weighted by Crippen LogP contribution is -2.25. The molecule has 1 aliphatic rings. The van der Waals surface area contributed by atoms with E-state index in [4.69, 9.17) is 16.3 Å². The minimum Gasteiger partial charge on any atom is -0.371 e. The van der Waals surface area contributed by atoms with Gasteiger partial charge in [-0.15, -0.1) is 0 Å². The second kappa shape index (κ2) is 5.14. The number of hydrogen-bond acceptors (Lipinski definition) is 2. The van der Waals surface area contributed by atoms with Crippen LogP contribution in [0.15, 0.2) is 30.3 Å². The van der Waals surface area contributed by atoms with Crippen LogP contribution in [0.2, 0.25) is 5.02 Å². The van der Waals surface area contributed by atoms with Crippen molar-refractivity contribution < 1.29 is 9.53 Å². The zero-order valence-electron chi connectivity index (χ0n) is 8.65.